The number of anilines is 1. The van der Waals surface area contributed by atoms with Crippen molar-refractivity contribution in [3.05, 3.63) is 98.1 Å². The normalized spacial score (nSPS) is 10.5. The number of aromatic amines is 1. The third-order valence-electron chi connectivity index (χ3n) is 4.26. The standard InChI is InChI=1S/C21H18FN3O5/c1-2-30-20(28)14-8-4-6-10-17(14)24-18(26)15-11-23-21(29)25(19(15)27)12-13-7-3-5-9-16(13)22/h3-11H,2,12H2,1H3,(H,23,29)(H,24,26). The van der Waals surface area contributed by atoms with Gasteiger partial charge in [0.2, 0.25) is 0 Å². The molecule has 0 spiro atoms. The SMILES string of the molecule is CCOC(=O)c1ccccc1NC(=O)c1c[nH]c(=O)n(Cc2ccccc2F)c1=O. The van der Waals surface area contributed by atoms with Crippen LogP contribution < -0.4 is 16.6 Å². The predicted octanol–water partition coefficient (Wildman–Crippen LogP) is 2.15. The molecule has 0 atom stereocenters. The zero-order valence-corrected chi connectivity index (χ0v) is 16.0. The van der Waals surface area contributed by atoms with Crippen LogP contribution in [0.4, 0.5) is 10.1 Å². The number of hydrogen-bond donors (Lipinski definition) is 2. The Labute approximate surface area is 169 Å². The van der Waals surface area contributed by atoms with Gasteiger partial charge < -0.3 is 15.0 Å². The fourth-order valence-electron chi connectivity index (χ4n) is 2.78. The Bertz CT molecular complexity index is 1220. The van der Waals surface area contributed by atoms with Gasteiger partial charge in [-0.25, -0.2) is 14.0 Å². The van der Waals surface area contributed by atoms with Crippen LogP contribution in [0.2, 0.25) is 0 Å². The molecule has 1 amide bonds. The molecular weight excluding hydrogens is 393 g/mol. The van der Waals surface area contributed by atoms with Crippen LogP contribution in [0.1, 0.15) is 33.2 Å². The number of H-pyrrole nitrogens is 1. The lowest BCUT2D eigenvalue weighted by molar-refractivity contribution is 0.0527. The van der Waals surface area contributed by atoms with E-state index in [1.165, 1.54) is 30.3 Å². The van der Waals surface area contributed by atoms with E-state index < -0.39 is 28.9 Å². The first-order chi connectivity index (χ1) is 14.4. The molecule has 3 aromatic rings. The quantitative estimate of drug-likeness (QED) is 0.604. The average Bonchev–Trinajstić information content (AvgIpc) is 2.73. The van der Waals surface area contributed by atoms with Crippen molar-refractivity contribution >= 4 is 17.6 Å². The molecule has 3 rings (SSSR count). The van der Waals surface area contributed by atoms with Gasteiger partial charge in [0.15, 0.2) is 0 Å². The van der Waals surface area contributed by atoms with Gasteiger partial charge in [0.25, 0.3) is 11.5 Å². The van der Waals surface area contributed by atoms with Crippen LogP contribution in [0.5, 0.6) is 0 Å². The molecule has 0 saturated heterocycles. The number of nitrogens with one attached hydrogen (secondary N) is 2. The van der Waals surface area contributed by atoms with Gasteiger partial charge in [-0.15, -0.1) is 0 Å². The summed E-state index contributed by atoms with van der Waals surface area (Å²) in [6.45, 7) is 1.46. The number of amides is 1. The molecule has 0 unspecified atom stereocenters. The molecule has 8 nitrogen and oxygen atoms in total. The summed E-state index contributed by atoms with van der Waals surface area (Å²) in [5.41, 5.74) is -1.67. The van der Waals surface area contributed by atoms with E-state index in [0.29, 0.717) is 0 Å². The molecule has 2 aromatic carbocycles. The lowest BCUT2D eigenvalue weighted by Crippen LogP contribution is -2.39. The molecule has 2 N–H and O–H groups in total. The highest BCUT2D eigenvalue weighted by molar-refractivity contribution is 6.07. The van der Waals surface area contributed by atoms with Gasteiger partial charge in [0.05, 0.1) is 24.4 Å². The Kier molecular flexibility index (Phi) is 6.21. The molecule has 0 aliphatic rings. The molecule has 30 heavy (non-hydrogen) atoms. The monoisotopic (exact) mass is 411 g/mol. The van der Waals surface area contributed by atoms with Gasteiger partial charge in [-0.05, 0) is 25.1 Å². The van der Waals surface area contributed by atoms with E-state index in [-0.39, 0.29) is 35.5 Å². The molecule has 1 heterocycles. The van der Waals surface area contributed by atoms with Crippen molar-refractivity contribution < 1.29 is 18.7 Å². The third kappa shape index (κ3) is 4.35. The highest BCUT2D eigenvalue weighted by Gasteiger charge is 2.19. The number of para-hydroxylation sites is 1. The number of esters is 1. The number of aromatic nitrogens is 2. The zero-order chi connectivity index (χ0) is 21.7. The zero-order valence-electron chi connectivity index (χ0n) is 16.0. The maximum Gasteiger partial charge on any atom is 0.340 e. The first kappa shape index (κ1) is 20.7. The van der Waals surface area contributed by atoms with Gasteiger partial charge >= 0.3 is 11.7 Å². The predicted molar refractivity (Wildman–Crippen MR) is 107 cm³/mol. The van der Waals surface area contributed by atoms with Gasteiger partial charge in [-0.3, -0.25) is 14.2 Å². The molecular formula is C21H18FN3O5. The lowest BCUT2D eigenvalue weighted by Gasteiger charge is -2.11. The topological polar surface area (TPSA) is 110 Å². The molecule has 154 valence electrons. The van der Waals surface area contributed by atoms with Crippen molar-refractivity contribution in [2.24, 2.45) is 0 Å². The van der Waals surface area contributed by atoms with E-state index in [0.717, 1.165) is 10.8 Å². The number of halogens is 1. The summed E-state index contributed by atoms with van der Waals surface area (Å²) in [5, 5.41) is 2.48. The minimum atomic E-state index is -0.895. The number of carbonyl (C=O) groups is 2. The van der Waals surface area contributed by atoms with Crippen molar-refractivity contribution in [1.29, 1.82) is 0 Å². The van der Waals surface area contributed by atoms with E-state index in [1.807, 2.05) is 0 Å². The van der Waals surface area contributed by atoms with Gasteiger partial charge in [0, 0.05) is 11.8 Å². The largest absolute Gasteiger partial charge is 0.462 e. The summed E-state index contributed by atoms with van der Waals surface area (Å²) >= 11 is 0. The van der Waals surface area contributed by atoms with Crippen LogP contribution in [0.15, 0.2) is 64.3 Å². The maximum atomic E-state index is 13.9. The summed E-state index contributed by atoms with van der Waals surface area (Å²) in [6.07, 6.45) is 0.977. The van der Waals surface area contributed by atoms with E-state index in [1.54, 1.807) is 25.1 Å². The molecule has 1 aromatic heterocycles. The Hall–Kier alpha value is -4.01. The van der Waals surface area contributed by atoms with Crippen molar-refractivity contribution in [1.82, 2.24) is 9.55 Å². The molecule has 0 radical (unpaired) electrons. The van der Waals surface area contributed by atoms with Crippen LogP contribution in [-0.4, -0.2) is 28.0 Å². The fourth-order valence-corrected chi connectivity index (χ4v) is 2.78. The second-order valence-corrected chi connectivity index (χ2v) is 6.21. The summed E-state index contributed by atoms with van der Waals surface area (Å²) in [6, 6.07) is 11.8. The van der Waals surface area contributed by atoms with Crippen molar-refractivity contribution in [2.75, 3.05) is 11.9 Å². The second-order valence-electron chi connectivity index (χ2n) is 6.21. The number of carbonyl (C=O) groups excluding carboxylic acids is 2. The Morgan fingerprint density at radius 2 is 1.77 bits per heavy atom. The highest BCUT2D eigenvalue weighted by Crippen LogP contribution is 2.17. The van der Waals surface area contributed by atoms with E-state index in [2.05, 4.69) is 10.3 Å². The number of rotatable bonds is 6. The van der Waals surface area contributed by atoms with Crippen molar-refractivity contribution in [2.45, 2.75) is 13.5 Å². The minimum absolute atomic E-state index is 0.115. The lowest BCUT2D eigenvalue weighted by atomic mass is 10.1. The third-order valence-corrected chi connectivity index (χ3v) is 4.26. The number of nitrogens with zero attached hydrogens (tertiary/aromatic N) is 1. The number of ether oxygens (including phenoxy) is 1. The number of benzene rings is 2. The fraction of sp³-hybridized carbons (Fsp3) is 0.143. The van der Waals surface area contributed by atoms with Gasteiger partial charge in [0.1, 0.15) is 11.4 Å². The molecule has 0 bridgehead atoms. The smallest absolute Gasteiger partial charge is 0.340 e. The Morgan fingerprint density at radius 1 is 1.07 bits per heavy atom. The summed E-state index contributed by atoms with van der Waals surface area (Å²) < 4.78 is 19.6. The van der Waals surface area contributed by atoms with Crippen molar-refractivity contribution in [3.8, 4) is 0 Å². The van der Waals surface area contributed by atoms with Crippen LogP contribution in [0.3, 0.4) is 0 Å². The summed E-state index contributed by atoms with van der Waals surface area (Å²) in [7, 11) is 0. The first-order valence-corrected chi connectivity index (χ1v) is 9.05. The van der Waals surface area contributed by atoms with Gasteiger partial charge in [-0.1, -0.05) is 30.3 Å². The molecule has 9 heteroatoms. The van der Waals surface area contributed by atoms with E-state index in [4.69, 9.17) is 4.74 Å². The van der Waals surface area contributed by atoms with Crippen LogP contribution in [0.25, 0.3) is 0 Å². The van der Waals surface area contributed by atoms with Crippen molar-refractivity contribution in [3.63, 3.8) is 0 Å². The maximum absolute atomic E-state index is 13.9. The Balaban J connectivity index is 1.93. The summed E-state index contributed by atoms with van der Waals surface area (Å²) in [5.74, 6) is -2.05. The average molecular weight is 411 g/mol. The second kappa shape index (κ2) is 8.99. The highest BCUT2D eigenvalue weighted by atomic mass is 19.1. The minimum Gasteiger partial charge on any atom is -0.462 e. The summed E-state index contributed by atoms with van der Waals surface area (Å²) in [4.78, 5) is 51.9. The molecule has 0 fully saturated rings. The molecule has 0 saturated carbocycles. The first-order valence-electron chi connectivity index (χ1n) is 9.05. The van der Waals surface area contributed by atoms with Crippen LogP contribution in [0, 0.1) is 5.82 Å². The number of hydrogen-bond acceptors (Lipinski definition) is 5. The molecule has 0 aliphatic carbocycles. The molecule has 0 aliphatic heterocycles. The van der Waals surface area contributed by atoms with Crippen LogP contribution >= 0.6 is 0 Å². The van der Waals surface area contributed by atoms with E-state index >= 15 is 0 Å². The van der Waals surface area contributed by atoms with Gasteiger partial charge in [-0.2, -0.15) is 0 Å². The van der Waals surface area contributed by atoms with Crippen LogP contribution in [-0.2, 0) is 11.3 Å². The Morgan fingerprint density at radius 3 is 2.50 bits per heavy atom. The van der Waals surface area contributed by atoms with E-state index in [9.17, 15) is 23.6 Å².